The average molecular weight is 742 g/mol. The van der Waals surface area contributed by atoms with E-state index >= 15 is 0 Å². The second-order valence-electron chi connectivity index (χ2n) is 10.6. The van der Waals surface area contributed by atoms with E-state index in [2.05, 4.69) is 36.8 Å². The number of imide groups is 1. The van der Waals surface area contributed by atoms with Gasteiger partial charge < -0.3 is 5.11 Å². The van der Waals surface area contributed by atoms with E-state index in [1.54, 1.807) is 18.2 Å². The van der Waals surface area contributed by atoms with E-state index in [1.165, 1.54) is 19.2 Å². The summed E-state index contributed by atoms with van der Waals surface area (Å²) in [4.78, 5) is 58.0. The molecular weight excluding hydrogens is 723 g/mol. The highest BCUT2D eigenvalue weighted by molar-refractivity contribution is 9.12. The first kappa shape index (κ1) is 29.8. The lowest BCUT2D eigenvalue weighted by Crippen LogP contribution is -2.46. The quantitative estimate of drug-likeness (QED) is 0.233. The average Bonchev–Trinajstić information content (AvgIpc) is 3.20. The Morgan fingerprint density at radius 3 is 2.49 bits per heavy atom. The molecule has 1 saturated heterocycles. The molecule has 4 atom stereocenters. The molecule has 0 saturated carbocycles. The predicted octanol–water partition coefficient (Wildman–Crippen LogP) is 6.04. The number of alkyl halides is 3. The van der Waals surface area contributed by atoms with Gasteiger partial charge in [0.15, 0.2) is 17.4 Å². The Balaban J connectivity index is 1.45. The van der Waals surface area contributed by atoms with Crippen LogP contribution in [0.4, 0.5) is 19.0 Å². The Morgan fingerprint density at radius 1 is 1.07 bits per heavy atom. The number of phenols is 1. The molecule has 222 valence electrons. The molecule has 2 heterocycles. The van der Waals surface area contributed by atoms with Crippen LogP contribution in [0.1, 0.15) is 30.0 Å². The third kappa shape index (κ3) is 4.67. The minimum absolute atomic E-state index is 0.0275. The topological polar surface area (TPSA) is 108 Å². The number of rotatable bonds is 3. The van der Waals surface area contributed by atoms with Gasteiger partial charge in [-0.1, -0.05) is 39.2 Å². The van der Waals surface area contributed by atoms with Gasteiger partial charge in [-0.15, -0.1) is 0 Å². The van der Waals surface area contributed by atoms with Crippen molar-refractivity contribution in [3.63, 3.8) is 0 Å². The lowest BCUT2D eigenvalue weighted by molar-refractivity contribution is -0.141. The smallest absolute Gasteiger partial charge is 0.433 e. The van der Waals surface area contributed by atoms with Crippen LogP contribution in [-0.4, -0.2) is 45.5 Å². The number of aromatic nitrogens is 1. The molecule has 3 aliphatic carbocycles. The fourth-order valence-electron chi connectivity index (χ4n) is 6.51. The summed E-state index contributed by atoms with van der Waals surface area (Å²) in [6, 6.07) is 6.38. The van der Waals surface area contributed by atoms with E-state index in [-0.39, 0.29) is 39.2 Å². The number of hydrogen-bond acceptors (Lipinski definition) is 7. The molecule has 1 aromatic heterocycles. The zero-order chi connectivity index (χ0) is 31.1. The summed E-state index contributed by atoms with van der Waals surface area (Å²) in [7, 11) is 1.23. The number of allylic oxidation sites excluding steroid dienone is 6. The first-order valence-corrected chi connectivity index (χ1v) is 14.9. The highest BCUT2D eigenvalue weighted by Gasteiger charge is 2.58. The van der Waals surface area contributed by atoms with E-state index in [9.17, 15) is 37.5 Å². The summed E-state index contributed by atoms with van der Waals surface area (Å²) in [6.45, 7) is 0. The van der Waals surface area contributed by atoms with Crippen LogP contribution < -0.4 is 5.01 Å². The first-order valence-electron chi connectivity index (χ1n) is 12.9. The molecule has 1 aliphatic heterocycles. The van der Waals surface area contributed by atoms with Crippen LogP contribution in [-0.2, 0) is 25.4 Å². The van der Waals surface area contributed by atoms with Gasteiger partial charge in [-0.25, -0.2) is 4.98 Å². The molecule has 1 fully saturated rings. The van der Waals surface area contributed by atoms with Gasteiger partial charge in [0.05, 0.1) is 21.3 Å². The number of halogens is 6. The number of anilines is 1. The van der Waals surface area contributed by atoms with Crippen LogP contribution >= 0.6 is 43.5 Å². The third-order valence-corrected chi connectivity index (χ3v) is 9.71. The van der Waals surface area contributed by atoms with E-state index < -0.39 is 64.7 Å². The number of amides is 2. The van der Waals surface area contributed by atoms with E-state index in [1.807, 2.05) is 0 Å². The summed E-state index contributed by atoms with van der Waals surface area (Å²) < 4.78 is 40.9. The zero-order valence-corrected chi connectivity index (χ0v) is 25.9. The molecule has 0 bridgehead atoms. The molecule has 1 N–H and O–H groups in total. The molecule has 0 radical (unpaired) electrons. The number of fused-ring (bicyclic) bond motifs is 3. The number of Topliss-reactive ketones (excluding diaryl/α,β-unsaturated/α-hetero) is 1. The van der Waals surface area contributed by atoms with Crippen LogP contribution in [0.25, 0.3) is 0 Å². The number of hydrazine groups is 1. The van der Waals surface area contributed by atoms with Gasteiger partial charge in [0.25, 0.3) is 11.8 Å². The number of benzene rings is 1. The van der Waals surface area contributed by atoms with Gasteiger partial charge in [-0.3, -0.25) is 24.2 Å². The van der Waals surface area contributed by atoms with Crippen molar-refractivity contribution in [3.05, 3.63) is 84.4 Å². The van der Waals surface area contributed by atoms with Gasteiger partial charge >= 0.3 is 6.18 Å². The Kier molecular flexibility index (Phi) is 7.21. The molecule has 14 heteroatoms. The van der Waals surface area contributed by atoms with E-state index in [0.717, 1.165) is 16.1 Å². The Morgan fingerprint density at radius 2 is 1.79 bits per heavy atom. The van der Waals surface area contributed by atoms with Gasteiger partial charge in [0.2, 0.25) is 0 Å². The summed E-state index contributed by atoms with van der Waals surface area (Å²) in [5.41, 5.74) is 0.0487. The number of carbonyl (C=O) groups is 4. The molecule has 2 aromatic rings. The molecule has 0 unspecified atom stereocenters. The van der Waals surface area contributed by atoms with Crippen LogP contribution in [0.3, 0.4) is 0 Å². The summed E-state index contributed by atoms with van der Waals surface area (Å²) in [6.07, 6.45) is -1.79. The normalized spacial score (nSPS) is 25.3. The van der Waals surface area contributed by atoms with Crippen LogP contribution in [0.5, 0.6) is 5.75 Å². The number of aromatic hydroxyl groups is 1. The van der Waals surface area contributed by atoms with Crippen LogP contribution in [0.2, 0.25) is 5.02 Å². The van der Waals surface area contributed by atoms with Crippen LogP contribution in [0.15, 0.2) is 68.2 Å². The third-order valence-electron chi connectivity index (χ3n) is 8.33. The molecule has 43 heavy (non-hydrogen) atoms. The number of nitrogens with zero attached hydrogens (tertiary/aromatic N) is 3. The van der Waals surface area contributed by atoms with Crippen LogP contribution in [0, 0.1) is 17.8 Å². The first-order chi connectivity index (χ1) is 20.2. The number of carbonyl (C=O) groups excluding carboxylic acids is 4. The summed E-state index contributed by atoms with van der Waals surface area (Å²) in [5.74, 6) is -6.28. The van der Waals surface area contributed by atoms with E-state index in [4.69, 9.17) is 11.6 Å². The number of pyridine rings is 1. The number of hydrogen-bond donors (Lipinski definition) is 1. The SMILES string of the molecule is CN(c1nc(C(F)(F)F)ccc1Cl)N1C(=O)[C@H]2[C@H](CC=C3[C@H](c4cc(Br)ccc4O)C4=C(C[C@H]32)C(=O)C(Br)=CC4=O)C1=O. The monoisotopic (exact) mass is 739 g/mol. The Hall–Kier alpha value is -3.29. The van der Waals surface area contributed by atoms with Crippen molar-refractivity contribution >= 4 is 72.7 Å². The molecule has 6 rings (SSSR count). The predicted molar refractivity (Wildman–Crippen MR) is 155 cm³/mol. The molecule has 2 amide bonds. The molecule has 0 spiro atoms. The van der Waals surface area contributed by atoms with Crippen molar-refractivity contribution in [2.24, 2.45) is 17.8 Å². The summed E-state index contributed by atoms with van der Waals surface area (Å²) >= 11 is 12.7. The number of phenolic OH excluding ortho intramolecular Hbond substituents is 1. The fraction of sp³-hybridized carbons (Fsp3) is 0.276. The maximum absolute atomic E-state index is 14.0. The molecule has 1 aromatic carbocycles. The molecule has 4 aliphatic rings. The largest absolute Gasteiger partial charge is 0.508 e. The van der Waals surface area contributed by atoms with Crippen molar-refractivity contribution in [2.75, 3.05) is 12.1 Å². The highest BCUT2D eigenvalue weighted by Crippen LogP contribution is 2.56. The lowest BCUT2D eigenvalue weighted by atomic mass is 9.59. The standard InChI is InChI=1S/C29H19Br2ClF3N3O5/c1-37(26-18(32)5-7-21(36-26)29(33,34)35)38-27(42)13-4-3-12-14(23(13)28(38)43)9-16-24(20(40)10-17(31)25(16)41)22(12)15-8-11(30)2-6-19(15)39/h2-3,5-8,10,13-14,22-23,39H,4,9H2,1H3/t13-,14+,22+,23-/m0/s1. The van der Waals surface area contributed by atoms with E-state index in [0.29, 0.717) is 21.7 Å². The van der Waals surface area contributed by atoms with Crippen molar-refractivity contribution < 1.29 is 37.5 Å². The van der Waals surface area contributed by atoms with Gasteiger partial charge in [-0.2, -0.15) is 18.2 Å². The molecular formula is C29H19Br2ClF3N3O5. The minimum atomic E-state index is -4.79. The lowest BCUT2D eigenvalue weighted by Gasteiger charge is -2.42. The van der Waals surface area contributed by atoms with Gasteiger partial charge in [0.1, 0.15) is 11.4 Å². The summed E-state index contributed by atoms with van der Waals surface area (Å²) in [5, 5.41) is 12.3. The maximum atomic E-state index is 14.0. The van der Waals surface area contributed by atoms with Crippen molar-refractivity contribution in [2.45, 2.75) is 24.9 Å². The van der Waals surface area contributed by atoms with Crippen molar-refractivity contribution in [1.82, 2.24) is 9.99 Å². The zero-order valence-electron chi connectivity index (χ0n) is 22.0. The Bertz CT molecular complexity index is 1750. The van der Waals surface area contributed by atoms with Gasteiger partial charge in [0, 0.05) is 40.2 Å². The maximum Gasteiger partial charge on any atom is 0.433 e. The van der Waals surface area contributed by atoms with Crippen molar-refractivity contribution in [3.8, 4) is 5.75 Å². The second kappa shape index (κ2) is 10.4. The number of ketones is 2. The Labute approximate surface area is 264 Å². The van der Waals surface area contributed by atoms with Crippen molar-refractivity contribution in [1.29, 1.82) is 0 Å². The van der Waals surface area contributed by atoms with Gasteiger partial charge in [-0.05, 0) is 65.0 Å². The molecule has 8 nitrogen and oxygen atoms in total. The fourth-order valence-corrected chi connectivity index (χ4v) is 7.56. The highest BCUT2D eigenvalue weighted by atomic mass is 79.9. The second-order valence-corrected chi connectivity index (χ2v) is 12.8. The minimum Gasteiger partial charge on any atom is -0.508 e.